The Morgan fingerprint density at radius 2 is 2.33 bits per heavy atom. The average Bonchev–Trinajstić information content (AvgIpc) is 1.82. The summed E-state index contributed by atoms with van der Waals surface area (Å²) in [6, 6.07) is 0. The molecule has 5 heteroatoms. The maximum Gasteiger partial charge on any atom is 0.0361 e. The zero-order chi connectivity index (χ0) is 7.28. The quantitative estimate of drug-likeness (QED) is 0.451. The molecule has 0 aromatic carbocycles. The Labute approximate surface area is 62.4 Å². The van der Waals surface area contributed by atoms with E-state index in [1.165, 1.54) is 4.31 Å². The van der Waals surface area contributed by atoms with Gasteiger partial charge in [0.25, 0.3) is 0 Å². The second-order valence-electron chi connectivity index (χ2n) is 1.43. The lowest BCUT2D eigenvalue weighted by molar-refractivity contribution is 0.415. The van der Waals surface area contributed by atoms with Crippen molar-refractivity contribution in [2.75, 3.05) is 19.0 Å². The van der Waals surface area contributed by atoms with Gasteiger partial charge in [-0.25, -0.2) is 4.31 Å². The number of nitrogens with zero attached hydrogens (tertiary/aromatic N) is 1. The molecule has 0 radical (unpaired) electrons. The van der Waals surface area contributed by atoms with Crippen LogP contribution < -0.4 is 0 Å². The zero-order valence-corrected chi connectivity index (χ0v) is 6.74. The molecule has 0 spiro atoms. The van der Waals surface area contributed by atoms with E-state index in [4.69, 9.17) is 11.6 Å². The molecule has 0 aromatic rings. The topological polar surface area (TPSA) is 43.4 Å². The molecule has 0 saturated heterocycles. The highest BCUT2D eigenvalue weighted by Crippen LogP contribution is 1.91. The molecule has 0 N–H and O–H groups in total. The smallest absolute Gasteiger partial charge is 0.0361 e. The second kappa shape index (κ2) is 5.17. The lowest BCUT2D eigenvalue weighted by atomic mass is 10.7. The molecular weight excluding hydrogens is 162 g/mol. The molecule has 0 amide bonds. The summed E-state index contributed by atoms with van der Waals surface area (Å²) in [6.07, 6.45) is 0. The van der Waals surface area contributed by atoms with E-state index in [-0.39, 0.29) is 0 Å². The van der Waals surface area contributed by atoms with E-state index in [2.05, 4.69) is 0 Å². The zero-order valence-electron chi connectivity index (χ0n) is 5.17. The van der Waals surface area contributed by atoms with Gasteiger partial charge in [-0.05, 0) is 0 Å². The molecule has 0 aliphatic rings. The van der Waals surface area contributed by atoms with E-state index >= 15 is 0 Å². The molecule has 0 heterocycles. The van der Waals surface area contributed by atoms with Gasteiger partial charge >= 0.3 is 0 Å². The molecule has 0 aliphatic carbocycles. The molecule has 9 heavy (non-hydrogen) atoms. The summed E-state index contributed by atoms with van der Waals surface area (Å²) in [6.45, 7) is 2.65. The minimum Gasteiger partial charge on any atom is -0.760 e. The number of halogens is 1. The lowest BCUT2D eigenvalue weighted by Gasteiger charge is -2.20. The Hall–Kier alpha value is 0.360. The fraction of sp³-hybridized carbons (Fsp3) is 1.00. The largest absolute Gasteiger partial charge is 0.760 e. The molecule has 0 aliphatic heterocycles. The fourth-order valence-corrected chi connectivity index (χ4v) is 1.19. The molecule has 56 valence electrons. The van der Waals surface area contributed by atoms with E-state index < -0.39 is 11.3 Å². The van der Waals surface area contributed by atoms with Crippen LogP contribution in [0.1, 0.15) is 6.92 Å². The normalized spacial score (nSPS) is 14.2. The van der Waals surface area contributed by atoms with Crippen LogP contribution in [0.4, 0.5) is 0 Å². The van der Waals surface area contributed by atoms with E-state index in [0.29, 0.717) is 19.0 Å². The van der Waals surface area contributed by atoms with Crippen LogP contribution in [-0.2, 0) is 11.3 Å². The third-order valence-corrected chi connectivity index (χ3v) is 1.93. The van der Waals surface area contributed by atoms with Crippen LogP contribution in [0.15, 0.2) is 0 Å². The second-order valence-corrected chi connectivity index (χ2v) is 2.76. The summed E-state index contributed by atoms with van der Waals surface area (Å²) in [5.74, 6) is 0.349. The van der Waals surface area contributed by atoms with Crippen LogP contribution in [0.25, 0.3) is 0 Å². The molecule has 1 atom stereocenters. The molecule has 3 nitrogen and oxygen atoms in total. The van der Waals surface area contributed by atoms with Gasteiger partial charge in [-0.3, -0.25) is 4.21 Å². The average molecular weight is 171 g/mol. The Bertz CT molecular complexity index is 101. The van der Waals surface area contributed by atoms with Gasteiger partial charge < -0.3 is 4.55 Å². The van der Waals surface area contributed by atoms with Crippen molar-refractivity contribution in [3.05, 3.63) is 0 Å². The van der Waals surface area contributed by atoms with Gasteiger partial charge in [-0.1, -0.05) is 6.92 Å². The van der Waals surface area contributed by atoms with Crippen LogP contribution >= 0.6 is 11.6 Å². The minimum absolute atomic E-state index is 0.349. The molecular formula is C4H9ClNO2S-. The highest BCUT2D eigenvalue weighted by molar-refractivity contribution is 7.76. The number of alkyl halides is 1. The van der Waals surface area contributed by atoms with Crippen molar-refractivity contribution in [1.29, 1.82) is 0 Å². The van der Waals surface area contributed by atoms with Gasteiger partial charge in [0.15, 0.2) is 0 Å². The van der Waals surface area contributed by atoms with Crippen molar-refractivity contribution >= 4 is 22.9 Å². The molecule has 0 aromatic heterocycles. The van der Waals surface area contributed by atoms with Crippen LogP contribution in [0.5, 0.6) is 0 Å². The number of hydrogen-bond donors (Lipinski definition) is 0. The SMILES string of the molecule is CCN(CCCl)S(=O)[O-]. The minimum atomic E-state index is -2.10. The van der Waals surface area contributed by atoms with Gasteiger partial charge in [0.05, 0.1) is 0 Å². The van der Waals surface area contributed by atoms with Crippen molar-refractivity contribution in [2.45, 2.75) is 6.92 Å². The maximum atomic E-state index is 10.2. The fourth-order valence-electron chi connectivity index (χ4n) is 0.432. The van der Waals surface area contributed by atoms with Crippen LogP contribution in [0.2, 0.25) is 0 Å². The summed E-state index contributed by atoms with van der Waals surface area (Å²) < 4.78 is 21.6. The molecule has 0 saturated carbocycles. The monoisotopic (exact) mass is 170 g/mol. The van der Waals surface area contributed by atoms with E-state index in [0.717, 1.165) is 0 Å². The Morgan fingerprint density at radius 1 is 1.78 bits per heavy atom. The van der Waals surface area contributed by atoms with Crippen molar-refractivity contribution in [3.63, 3.8) is 0 Å². The molecule has 0 rings (SSSR count). The van der Waals surface area contributed by atoms with Gasteiger partial charge in [0.1, 0.15) is 0 Å². The van der Waals surface area contributed by atoms with Gasteiger partial charge in [-0.2, -0.15) is 0 Å². The Morgan fingerprint density at radius 3 is 2.44 bits per heavy atom. The summed E-state index contributed by atoms with van der Waals surface area (Å²) >= 11 is 3.20. The summed E-state index contributed by atoms with van der Waals surface area (Å²) in [7, 11) is 0. The summed E-state index contributed by atoms with van der Waals surface area (Å²) in [5, 5.41) is 0. The van der Waals surface area contributed by atoms with Crippen LogP contribution in [0, 0.1) is 0 Å². The third-order valence-electron chi connectivity index (χ3n) is 0.897. The van der Waals surface area contributed by atoms with E-state index in [1.54, 1.807) is 6.92 Å². The lowest BCUT2D eigenvalue weighted by Crippen LogP contribution is -2.27. The maximum absolute atomic E-state index is 10.2. The van der Waals surface area contributed by atoms with Gasteiger partial charge in [0, 0.05) is 30.2 Å². The van der Waals surface area contributed by atoms with Gasteiger partial charge in [-0.15, -0.1) is 11.6 Å². The van der Waals surface area contributed by atoms with Crippen LogP contribution in [-0.4, -0.2) is 32.0 Å². The Balaban J connectivity index is 3.54. The van der Waals surface area contributed by atoms with Crippen molar-refractivity contribution < 1.29 is 8.76 Å². The first-order valence-corrected chi connectivity index (χ1v) is 4.19. The highest BCUT2D eigenvalue weighted by Gasteiger charge is 1.98. The first-order chi connectivity index (χ1) is 4.22. The van der Waals surface area contributed by atoms with Gasteiger partial charge in [0.2, 0.25) is 0 Å². The molecule has 0 bridgehead atoms. The van der Waals surface area contributed by atoms with Crippen LogP contribution in [0.3, 0.4) is 0 Å². The summed E-state index contributed by atoms with van der Waals surface area (Å²) in [5.41, 5.74) is 0. The first kappa shape index (κ1) is 9.36. The van der Waals surface area contributed by atoms with Crippen molar-refractivity contribution in [1.82, 2.24) is 4.31 Å². The number of hydrogen-bond acceptors (Lipinski definition) is 2. The molecule has 1 unspecified atom stereocenters. The summed E-state index contributed by atoms with van der Waals surface area (Å²) in [4.78, 5) is 0. The van der Waals surface area contributed by atoms with Crippen molar-refractivity contribution in [2.24, 2.45) is 0 Å². The molecule has 0 fully saturated rings. The number of rotatable bonds is 4. The standard InChI is InChI=1S/C4H10ClNO2S/c1-2-6(4-3-5)9(7)8/h2-4H2,1H3,(H,7,8)/p-1. The third kappa shape index (κ3) is 3.86. The van der Waals surface area contributed by atoms with Crippen molar-refractivity contribution in [3.8, 4) is 0 Å². The van der Waals surface area contributed by atoms with E-state index in [9.17, 15) is 8.76 Å². The first-order valence-electron chi connectivity index (χ1n) is 2.62. The predicted octanol–water partition coefficient (Wildman–Crippen LogP) is 0.341. The highest BCUT2D eigenvalue weighted by atomic mass is 35.5. The Kier molecular flexibility index (Phi) is 5.38. The predicted molar refractivity (Wildman–Crippen MR) is 36.9 cm³/mol. The van der Waals surface area contributed by atoms with E-state index in [1.807, 2.05) is 0 Å².